The molecule has 152 valence electrons. The lowest BCUT2D eigenvalue weighted by atomic mass is 10.0. The molecule has 0 aliphatic carbocycles. The van der Waals surface area contributed by atoms with Gasteiger partial charge in [0, 0.05) is 19.3 Å². The summed E-state index contributed by atoms with van der Waals surface area (Å²) in [4.78, 5) is 1.14. The van der Waals surface area contributed by atoms with Crippen LogP contribution in [0.2, 0.25) is 0 Å². The number of rotatable bonds is 5. The Labute approximate surface area is 180 Å². The molecule has 5 nitrogen and oxygen atoms in total. The van der Waals surface area contributed by atoms with Crippen LogP contribution in [0.3, 0.4) is 0 Å². The van der Waals surface area contributed by atoms with E-state index in [1.54, 1.807) is 15.2 Å². The van der Waals surface area contributed by atoms with Crippen molar-refractivity contribution in [3.63, 3.8) is 0 Å². The average Bonchev–Trinajstić information content (AvgIpc) is 3.44. The Morgan fingerprint density at radius 3 is 2.47 bits per heavy atom. The van der Waals surface area contributed by atoms with Crippen molar-refractivity contribution in [3.05, 3.63) is 95.0 Å². The van der Waals surface area contributed by atoms with E-state index in [1.165, 1.54) is 16.9 Å². The minimum atomic E-state index is -3.68. The van der Waals surface area contributed by atoms with Crippen molar-refractivity contribution in [2.75, 3.05) is 6.54 Å². The Balaban J connectivity index is 1.54. The molecule has 0 amide bonds. The van der Waals surface area contributed by atoms with Crippen molar-refractivity contribution in [1.29, 1.82) is 0 Å². The molecule has 30 heavy (non-hydrogen) atoms. The molecule has 0 radical (unpaired) electrons. The van der Waals surface area contributed by atoms with Crippen LogP contribution in [0.1, 0.15) is 16.7 Å². The summed E-state index contributed by atoms with van der Waals surface area (Å²) in [7, 11) is -3.68. The number of fused-ring (bicyclic) bond motifs is 1. The summed E-state index contributed by atoms with van der Waals surface area (Å²) in [5, 5.41) is 6.62. The first-order valence-corrected chi connectivity index (χ1v) is 12.2. The SMILES string of the molecule is O=S(=O)(c1cn(Cc2ccccc2)nc1-c1cccs1)N1CCc2ccccc2C1. The highest BCUT2D eigenvalue weighted by Crippen LogP contribution is 2.33. The van der Waals surface area contributed by atoms with E-state index in [9.17, 15) is 8.42 Å². The van der Waals surface area contributed by atoms with Gasteiger partial charge in [0.05, 0.1) is 11.4 Å². The van der Waals surface area contributed by atoms with Gasteiger partial charge in [-0.1, -0.05) is 60.7 Å². The number of thiophene rings is 1. The molecule has 3 heterocycles. The fourth-order valence-corrected chi connectivity index (χ4v) is 6.20. The Morgan fingerprint density at radius 1 is 0.933 bits per heavy atom. The Hall–Kier alpha value is -2.74. The van der Waals surface area contributed by atoms with Crippen LogP contribution < -0.4 is 0 Å². The summed E-state index contributed by atoms with van der Waals surface area (Å²) in [6, 6.07) is 21.8. The molecular formula is C23H21N3O2S2. The zero-order valence-corrected chi connectivity index (χ0v) is 17.9. The smallest absolute Gasteiger partial charge is 0.247 e. The van der Waals surface area contributed by atoms with Crippen LogP contribution in [0.5, 0.6) is 0 Å². The summed E-state index contributed by atoms with van der Waals surface area (Å²) < 4.78 is 30.6. The Kier molecular flexibility index (Phi) is 5.02. The lowest BCUT2D eigenvalue weighted by Gasteiger charge is -2.27. The third-order valence-electron chi connectivity index (χ3n) is 5.38. The minimum Gasteiger partial charge on any atom is -0.266 e. The van der Waals surface area contributed by atoms with Crippen molar-refractivity contribution in [2.24, 2.45) is 0 Å². The van der Waals surface area contributed by atoms with Crippen molar-refractivity contribution in [3.8, 4) is 10.6 Å². The summed E-state index contributed by atoms with van der Waals surface area (Å²) in [6.07, 6.45) is 2.40. The van der Waals surface area contributed by atoms with Gasteiger partial charge in [-0.25, -0.2) is 8.42 Å². The van der Waals surface area contributed by atoms with Gasteiger partial charge in [-0.3, -0.25) is 4.68 Å². The molecule has 0 spiro atoms. The molecule has 4 aromatic rings. The number of sulfonamides is 1. The zero-order valence-electron chi connectivity index (χ0n) is 16.3. The van der Waals surface area contributed by atoms with Crippen LogP contribution in [-0.4, -0.2) is 29.0 Å². The predicted octanol–water partition coefficient (Wildman–Crippen LogP) is 4.41. The molecule has 0 unspecified atom stereocenters. The van der Waals surface area contributed by atoms with Gasteiger partial charge in [0.1, 0.15) is 10.6 Å². The molecule has 1 aliphatic rings. The molecule has 2 aromatic heterocycles. The van der Waals surface area contributed by atoms with Crippen LogP contribution in [-0.2, 0) is 29.5 Å². The van der Waals surface area contributed by atoms with Gasteiger partial charge in [-0.2, -0.15) is 9.40 Å². The first kappa shape index (κ1) is 19.2. The zero-order chi connectivity index (χ0) is 20.6. The van der Waals surface area contributed by atoms with Crippen LogP contribution in [0.4, 0.5) is 0 Å². The lowest BCUT2D eigenvalue weighted by Crippen LogP contribution is -2.36. The van der Waals surface area contributed by atoms with Gasteiger partial charge in [0.15, 0.2) is 0 Å². The van der Waals surface area contributed by atoms with Crippen LogP contribution in [0.25, 0.3) is 10.6 Å². The van der Waals surface area contributed by atoms with E-state index in [2.05, 4.69) is 11.2 Å². The molecule has 0 N–H and O–H groups in total. The summed E-state index contributed by atoms with van der Waals surface area (Å²) in [5.74, 6) is 0. The molecule has 1 aliphatic heterocycles. The van der Waals surface area contributed by atoms with Gasteiger partial charge < -0.3 is 0 Å². The van der Waals surface area contributed by atoms with Crippen molar-refractivity contribution in [2.45, 2.75) is 24.4 Å². The monoisotopic (exact) mass is 435 g/mol. The van der Waals surface area contributed by atoms with Gasteiger partial charge in [-0.15, -0.1) is 11.3 Å². The van der Waals surface area contributed by atoms with Crippen LogP contribution in [0, 0.1) is 0 Å². The molecular weight excluding hydrogens is 414 g/mol. The maximum atomic E-state index is 13.7. The van der Waals surface area contributed by atoms with E-state index >= 15 is 0 Å². The predicted molar refractivity (Wildman–Crippen MR) is 119 cm³/mol. The molecule has 0 fully saturated rings. The minimum absolute atomic E-state index is 0.278. The normalized spacial score (nSPS) is 14.5. The van der Waals surface area contributed by atoms with E-state index in [0.717, 1.165) is 22.4 Å². The standard InChI is InChI=1S/C23H21N3O2S2/c27-30(28,26-13-12-19-9-4-5-10-20(19)16-26)22-17-25(15-18-7-2-1-3-8-18)24-23(22)21-11-6-14-29-21/h1-11,14,17H,12-13,15-16H2. The first-order chi connectivity index (χ1) is 14.6. The maximum Gasteiger partial charge on any atom is 0.247 e. The number of hydrogen-bond acceptors (Lipinski definition) is 4. The van der Waals surface area contributed by atoms with Crippen LogP contribution >= 0.6 is 11.3 Å². The summed E-state index contributed by atoms with van der Waals surface area (Å²) in [5.41, 5.74) is 3.90. The molecule has 5 rings (SSSR count). The molecule has 7 heteroatoms. The second kappa shape index (κ2) is 7.83. The van der Waals surface area contributed by atoms with E-state index in [0.29, 0.717) is 25.3 Å². The third kappa shape index (κ3) is 3.60. The quantitative estimate of drug-likeness (QED) is 0.467. The van der Waals surface area contributed by atoms with E-state index in [-0.39, 0.29) is 4.90 Å². The first-order valence-electron chi connectivity index (χ1n) is 9.83. The van der Waals surface area contributed by atoms with Crippen LogP contribution in [0.15, 0.2) is 83.2 Å². The second-order valence-electron chi connectivity index (χ2n) is 7.36. The number of benzene rings is 2. The second-order valence-corrected chi connectivity index (χ2v) is 10.2. The van der Waals surface area contributed by atoms with Gasteiger partial charge >= 0.3 is 0 Å². The molecule has 0 saturated heterocycles. The van der Waals surface area contributed by atoms with Gasteiger partial charge in [0.25, 0.3) is 0 Å². The highest BCUT2D eigenvalue weighted by molar-refractivity contribution is 7.89. The molecule has 0 saturated carbocycles. The number of hydrogen-bond donors (Lipinski definition) is 0. The highest BCUT2D eigenvalue weighted by atomic mass is 32.2. The van der Waals surface area contributed by atoms with Gasteiger partial charge in [0.2, 0.25) is 10.0 Å². The summed E-state index contributed by atoms with van der Waals surface area (Å²) in [6.45, 7) is 1.40. The fourth-order valence-electron chi connectivity index (χ4n) is 3.84. The van der Waals surface area contributed by atoms with Crippen molar-refractivity contribution < 1.29 is 8.42 Å². The molecule has 0 bridgehead atoms. The van der Waals surface area contributed by atoms with Crippen molar-refractivity contribution >= 4 is 21.4 Å². The topological polar surface area (TPSA) is 55.2 Å². The Bertz CT molecular complexity index is 1260. The van der Waals surface area contributed by atoms with Gasteiger partial charge in [-0.05, 0) is 34.6 Å². The van der Waals surface area contributed by atoms with E-state index in [1.807, 2.05) is 66.0 Å². The molecule has 0 atom stereocenters. The number of aromatic nitrogens is 2. The van der Waals surface area contributed by atoms with Crippen molar-refractivity contribution in [1.82, 2.24) is 14.1 Å². The summed E-state index contributed by atoms with van der Waals surface area (Å²) >= 11 is 1.50. The highest BCUT2D eigenvalue weighted by Gasteiger charge is 2.32. The lowest BCUT2D eigenvalue weighted by molar-refractivity contribution is 0.391. The van der Waals surface area contributed by atoms with E-state index < -0.39 is 10.0 Å². The van der Waals surface area contributed by atoms with E-state index in [4.69, 9.17) is 0 Å². The maximum absolute atomic E-state index is 13.7. The average molecular weight is 436 g/mol. The molecule has 2 aromatic carbocycles. The largest absolute Gasteiger partial charge is 0.266 e. The number of nitrogens with zero attached hydrogens (tertiary/aromatic N) is 3. The third-order valence-corrected chi connectivity index (χ3v) is 8.11. The Morgan fingerprint density at radius 2 is 1.70 bits per heavy atom. The fraction of sp³-hybridized carbons (Fsp3) is 0.174.